The number of benzene rings is 1. The third-order valence-electron chi connectivity index (χ3n) is 3.24. The Hall–Kier alpha value is -0.570. The molecule has 1 aliphatic rings. The highest BCUT2D eigenvalue weighted by Crippen LogP contribution is 2.25. The van der Waals surface area contributed by atoms with Crippen LogP contribution in [-0.2, 0) is 0 Å². The third-order valence-corrected chi connectivity index (χ3v) is 3.47. The van der Waals surface area contributed by atoms with Crippen molar-refractivity contribution < 1.29 is 5.11 Å². The highest BCUT2D eigenvalue weighted by molar-refractivity contribution is 6.30. The Kier molecular flexibility index (Phi) is 4.22. The molecule has 0 unspecified atom stereocenters. The van der Waals surface area contributed by atoms with Crippen LogP contribution in [0.4, 0.5) is 0 Å². The largest absolute Gasteiger partial charge is 0.394 e. The summed E-state index contributed by atoms with van der Waals surface area (Å²) in [4.78, 5) is 2.36. The average molecular weight is 240 g/mol. The lowest BCUT2D eigenvalue weighted by Crippen LogP contribution is -2.35. The minimum Gasteiger partial charge on any atom is -0.394 e. The van der Waals surface area contributed by atoms with E-state index in [0.717, 1.165) is 23.7 Å². The minimum absolute atomic E-state index is 0.110. The molecular weight excluding hydrogens is 222 g/mol. The molecule has 0 aromatic heterocycles. The summed E-state index contributed by atoms with van der Waals surface area (Å²) in [5.41, 5.74) is 1.12. The van der Waals surface area contributed by atoms with Crippen LogP contribution in [0.3, 0.4) is 0 Å². The van der Waals surface area contributed by atoms with Crippen molar-refractivity contribution in [3.05, 3.63) is 34.9 Å². The van der Waals surface area contributed by atoms with Crippen LogP contribution in [0, 0.1) is 0 Å². The zero-order valence-electron chi connectivity index (χ0n) is 9.40. The summed E-state index contributed by atoms with van der Waals surface area (Å²) in [7, 11) is 0. The normalized spacial score (nSPS) is 19.6. The molecule has 0 spiro atoms. The summed E-state index contributed by atoms with van der Waals surface area (Å²) in [5, 5.41) is 10.3. The number of hydrogen-bond acceptors (Lipinski definition) is 2. The van der Waals surface area contributed by atoms with Crippen LogP contribution >= 0.6 is 11.6 Å². The second kappa shape index (κ2) is 5.67. The van der Waals surface area contributed by atoms with Crippen LogP contribution in [0.25, 0.3) is 0 Å². The van der Waals surface area contributed by atoms with Crippen LogP contribution < -0.4 is 0 Å². The van der Waals surface area contributed by atoms with E-state index in [0.29, 0.717) is 0 Å². The molecule has 0 radical (unpaired) electrons. The predicted octanol–water partition coefficient (Wildman–Crippen LogP) is 2.86. The van der Waals surface area contributed by atoms with Gasteiger partial charge in [-0.05, 0) is 43.6 Å². The molecule has 1 fully saturated rings. The standard InChI is InChI=1S/C13H18ClNO/c14-12-6-4-5-11(9-12)13(10-16)15-7-2-1-3-8-15/h4-6,9,13,16H,1-3,7-8,10H2/t13-/m0/s1. The lowest BCUT2D eigenvalue weighted by Gasteiger charge is -2.33. The first kappa shape index (κ1) is 11.9. The van der Waals surface area contributed by atoms with E-state index in [4.69, 9.17) is 11.6 Å². The lowest BCUT2D eigenvalue weighted by atomic mass is 10.0. The average Bonchev–Trinajstić information content (AvgIpc) is 2.31. The number of rotatable bonds is 3. The smallest absolute Gasteiger partial charge is 0.0628 e. The SMILES string of the molecule is OC[C@@H](c1cccc(Cl)c1)N1CCCCC1. The monoisotopic (exact) mass is 239 g/mol. The first-order chi connectivity index (χ1) is 7.81. The van der Waals surface area contributed by atoms with Crippen molar-refractivity contribution in [3.8, 4) is 0 Å². The van der Waals surface area contributed by atoms with E-state index in [2.05, 4.69) is 4.90 Å². The molecule has 1 aliphatic heterocycles. The van der Waals surface area contributed by atoms with Gasteiger partial charge in [0.15, 0.2) is 0 Å². The Morgan fingerprint density at radius 3 is 2.62 bits per heavy atom. The molecular formula is C13H18ClNO. The van der Waals surface area contributed by atoms with Crippen molar-refractivity contribution in [1.29, 1.82) is 0 Å². The zero-order chi connectivity index (χ0) is 11.4. The van der Waals surface area contributed by atoms with E-state index in [9.17, 15) is 5.11 Å². The number of halogens is 1. The van der Waals surface area contributed by atoms with E-state index < -0.39 is 0 Å². The highest BCUT2D eigenvalue weighted by Gasteiger charge is 2.21. The molecule has 2 nitrogen and oxygen atoms in total. The van der Waals surface area contributed by atoms with Gasteiger partial charge in [0, 0.05) is 5.02 Å². The first-order valence-electron chi connectivity index (χ1n) is 5.91. The zero-order valence-corrected chi connectivity index (χ0v) is 10.2. The van der Waals surface area contributed by atoms with Crippen molar-refractivity contribution in [2.45, 2.75) is 25.3 Å². The number of nitrogens with zero attached hydrogens (tertiary/aromatic N) is 1. The van der Waals surface area contributed by atoms with Crippen molar-refractivity contribution in [3.63, 3.8) is 0 Å². The van der Waals surface area contributed by atoms with Crippen molar-refractivity contribution in [2.24, 2.45) is 0 Å². The number of aliphatic hydroxyl groups excluding tert-OH is 1. The fourth-order valence-corrected chi connectivity index (χ4v) is 2.57. The van der Waals surface area contributed by atoms with E-state index in [1.807, 2.05) is 24.3 Å². The molecule has 1 N–H and O–H groups in total. The molecule has 16 heavy (non-hydrogen) atoms. The molecule has 0 bridgehead atoms. The number of piperidine rings is 1. The molecule has 0 saturated carbocycles. The predicted molar refractivity (Wildman–Crippen MR) is 66.7 cm³/mol. The topological polar surface area (TPSA) is 23.5 Å². The molecule has 0 aliphatic carbocycles. The van der Waals surface area contributed by atoms with Gasteiger partial charge < -0.3 is 5.11 Å². The Bertz CT molecular complexity index is 336. The maximum Gasteiger partial charge on any atom is 0.0628 e. The maximum atomic E-state index is 9.54. The van der Waals surface area contributed by atoms with Gasteiger partial charge in [-0.15, -0.1) is 0 Å². The fraction of sp³-hybridized carbons (Fsp3) is 0.538. The van der Waals surface area contributed by atoms with Gasteiger partial charge in [0.2, 0.25) is 0 Å². The number of aliphatic hydroxyl groups is 1. The van der Waals surface area contributed by atoms with Gasteiger partial charge in [-0.3, -0.25) is 4.90 Å². The van der Waals surface area contributed by atoms with Crippen LogP contribution in [-0.4, -0.2) is 29.7 Å². The van der Waals surface area contributed by atoms with E-state index in [1.54, 1.807) is 0 Å². The fourth-order valence-electron chi connectivity index (χ4n) is 2.38. The molecule has 1 aromatic rings. The maximum absolute atomic E-state index is 9.54. The molecule has 1 saturated heterocycles. The van der Waals surface area contributed by atoms with Gasteiger partial charge in [-0.1, -0.05) is 30.2 Å². The van der Waals surface area contributed by atoms with Crippen LogP contribution in [0.1, 0.15) is 30.9 Å². The van der Waals surface area contributed by atoms with Gasteiger partial charge in [0.1, 0.15) is 0 Å². The molecule has 1 atom stereocenters. The molecule has 88 valence electrons. The van der Waals surface area contributed by atoms with E-state index in [1.165, 1.54) is 19.3 Å². The molecule has 3 heteroatoms. The highest BCUT2D eigenvalue weighted by atomic mass is 35.5. The summed E-state index contributed by atoms with van der Waals surface area (Å²) >= 11 is 5.98. The van der Waals surface area contributed by atoms with Crippen LogP contribution in [0.5, 0.6) is 0 Å². The Morgan fingerprint density at radius 2 is 2.00 bits per heavy atom. The van der Waals surface area contributed by atoms with E-state index in [-0.39, 0.29) is 12.6 Å². The van der Waals surface area contributed by atoms with Crippen molar-refractivity contribution >= 4 is 11.6 Å². The summed E-state index contributed by atoms with van der Waals surface area (Å²) < 4.78 is 0. The van der Waals surface area contributed by atoms with Gasteiger partial charge in [0.05, 0.1) is 12.6 Å². The van der Waals surface area contributed by atoms with Gasteiger partial charge in [0.25, 0.3) is 0 Å². The third kappa shape index (κ3) is 2.76. The second-order valence-electron chi connectivity index (χ2n) is 4.35. The van der Waals surface area contributed by atoms with Crippen LogP contribution in [0.15, 0.2) is 24.3 Å². The summed E-state index contributed by atoms with van der Waals surface area (Å²) in [6, 6.07) is 7.93. The second-order valence-corrected chi connectivity index (χ2v) is 4.79. The van der Waals surface area contributed by atoms with Gasteiger partial charge >= 0.3 is 0 Å². The number of likely N-dealkylation sites (tertiary alicyclic amines) is 1. The van der Waals surface area contributed by atoms with Crippen molar-refractivity contribution in [1.82, 2.24) is 4.90 Å². The summed E-state index contributed by atoms with van der Waals surface area (Å²) in [6.45, 7) is 2.33. The summed E-state index contributed by atoms with van der Waals surface area (Å²) in [5.74, 6) is 0. The lowest BCUT2D eigenvalue weighted by molar-refractivity contribution is 0.104. The van der Waals surface area contributed by atoms with Crippen molar-refractivity contribution in [2.75, 3.05) is 19.7 Å². The Labute approximate surface area is 102 Å². The van der Waals surface area contributed by atoms with E-state index >= 15 is 0 Å². The minimum atomic E-state index is 0.110. The van der Waals surface area contributed by atoms with Gasteiger partial charge in [-0.2, -0.15) is 0 Å². The number of hydrogen-bond donors (Lipinski definition) is 1. The van der Waals surface area contributed by atoms with Crippen LogP contribution in [0.2, 0.25) is 5.02 Å². The molecule has 1 heterocycles. The first-order valence-corrected chi connectivity index (χ1v) is 6.29. The Balaban J connectivity index is 2.14. The van der Waals surface area contributed by atoms with Gasteiger partial charge in [-0.25, -0.2) is 0 Å². The molecule has 1 aromatic carbocycles. The quantitative estimate of drug-likeness (QED) is 0.877. The molecule has 0 amide bonds. The molecule has 2 rings (SSSR count). The summed E-state index contributed by atoms with van der Waals surface area (Å²) in [6.07, 6.45) is 3.78. The Morgan fingerprint density at radius 1 is 1.25 bits per heavy atom.